The molecular formula is C11H16N2. The van der Waals surface area contributed by atoms with Crippen LogP contribution < -0.4 is 11.1 Å². The van der Waals surface area contributed by atoms with Crippen LogP contribution in [0.1, 0.15) is 11.1 Å². The molecule has 0 unspecified atom stereocenters. The van der Waals surface area contributed by atoms with Crippen LogP contribution >= 0.6 is 0 Å². The van der Waals surface area contributed by atoms with Crippen molar-refractivity contribution in [3.8, 4) is 0 Å². The van der Waals surface area contributed by atoms with E-state index in [4.69, 9.17) is 5.73 Å². The summed E-state index contributed by atoms with van der Waals surface area (Å²) in [5, 5.41) is 3.04. The first-order chi connectivity index (χ1) is 6.24. The summed E-state index contributed by atoms with van der Waals surface area (Å²) in [6.45, 7) is 2.93. The Morgan fingerprint density at radius 1 is 1.46 bits per heavy atom. The third-order valence-electron chi connectivity index (χ3n) is 1.86. The second kappa shape index (κ2) is 4.67. The molecule has 3 N–H and O–H groups in total. The molecule has 0 amide bonds. The van der Waals surface area contributed by atoms with Crippen LogP contribution in [0.25, 0.3) is 6.08 Å². The van der Waals surface area contributed by atoms with Gasteiger partial charge in [-0.2, -0.15) is 0 Å². The van der Waals surface area contributed by atoms with E-state index in [-0.39, 0.29) is 0 Å². The van der Waals surface area contributed by atoms with Crippen molar-refractivity contribution in [1.29, 1.82) is 0 Å². The summed E-state index contributed by atoms with van der Waals surface area (Å²) < 4.78 is 0. The minimum atomic E-state index is 0.831. The van der Waals surface area contributed by atoms with E-state index in [0.29, 0.717) is 0 Å². The third-order valence-corrected chi connectivity index (χ3v) is 1.86. The smallest absolute Gasteiger partial charge is 0.0387 e. The first-order valence-electron chi connectivity index (χ1n) is 4.41. The van der Waals surface area contributed by atoms with Crippen molar-refractivity contribution in [1.82, 2.24) is 5.32 Å². The molecule has 13 heavy (non-hydrogen) atoms. The molecule has 0 aromatic heterocycles. The maximum atomic E-state index is 5.80. The van der Waals surface area contributed by atoms with Crippen LogP contribution in [-0.4, -0.2) is 13.6 Å². The van der Waals surface area contributed by atoms with Crippen molar-refractivity contribution in [3.63, 3.8) is 0 Å². The SMILES string of the molecule is CNCC=Cc1cc(C)ccc1N. The Labute approximate surface area is 79.5 Å². The number of nitrogen functional groups attached to an aromatic ring is 1. The quantitative estimate of drug-likeness (QED) is 0.689. The Morgan fingerprint density at radius 3 is 2.92 bits per heavy atom. The lowest BCUT2D eigenvalue weighted by Gasteiger charge is -2.01. The van der Waals surface area contributed by atoms with Gasteiger partial charge in [0.25, 0.3) is 0 Å². The monoisotopic (exact) mass is 176 g/mol. The maximum absolute atomic E-state index is 5.80. The molecule has 0 fully saturated rings. The zero-order valence-electron chi connectivity index (χ0n) is 8.17. The number of benzene rings is 1. The molecule has 0 aliphatic heterocycles. The summed E-state index contributed by atoms with van der Waals surface area (Å²) in [7, 11) is 1.92. The highest BCUT2D eigenvalue weighted by molar-refractivity contribution is 5.65. The van der Waals surface area contributed by atoms with E-state index in [0.717, 1.165) is 17.8 Å². The van der Waals surface area contributed by atoms with Gasteiger partial charge in [-0.05, 0) is 31.7 Å². The summed E-state index contributed by atoms with van der Waals surface area (Å²) in [5.74, 6) is 0. The van der Waals surface area contributed by atoms with Crippen LogP contribution in [0.15, 0.2) is 24.3 Å². The Hall–Kier alpha value is -1.28. The maximum Gasteiger partial charge on any atom is 0.0387 e. The average Bonchev–Trinajstić information content (AvgIpc) is 2.11. The van der Waals surface area contributed by atoms with Crippen molar-refractivity contribution < 1.29 is 0 Å². The Morgan fingerprint density at radius 2 is 2.23 bits per heavy atom. The molecule has 0 bridgehead atoms. The van der Waals surface area contributed by atoms with Crippen molar-refractivity contribution >= 4 is 11.8 Å². The molecule has 0 heterocycles. The molecular weight excluding hydrogens is 160 g/mol. The molecule has 70 valence electrons. The summed E-state index contributed by atoms with van der Waals surface area (Å²) in [6, 6.07) is 6.04. The van der Waals surface area contributed by atoms with Gasteiger partial charge in [-0.25, -0.2) is 0 Å². The van der Waals surface area contributed by atoms with Gasteiger partial charge in [0, 0.05) is 12.2 Å². The fourth-order valence-corrected chi connectivity index (χ4v) is 1.14. The molecule has 0 spiro atoms. The number of hydrogen-bond acceptors (Lipinski definition) is 2. The van der Waals surface area contributed by atoms with Gasteiger partial charge in [0.15, 0.2) is 0 Å². The van der Waals surface area contributed by atoms with E-state index >= 15 is 0 Å². The summed E-state index contributed by atoms with van der Waals surface area (Å²) in [6.07, 6.45) is 4.10. The van der Waals surface area contributed by atoms with Crippen LogP contribution in [0, 0.1) is 6.92 Å². The second-order valence-corrected chi connectivity index (χ2v) is 3.09. The Bertz CT molecular complexity index is 303. The van der Waals surface area contributed by atoms with Crippen LogP contribution in [0.4, 0.5) is 5.69 Å². The fraction of sp³-hybridized carbons (Fsp3) is 0.273. The van der Waals surface area contributed by atoms with E-state index in [2.05, 4.69) is 24.4 Å². The number of rotatable bonds is 3. The zero-order chi connectivity index (χ0) is 9.68. The van der Waals surface area contributed by atoms with Gasteiger partial charge < -0.3 is 11.1 Å². The van der Waals surface area contributed by atoms with E-state index < -0.39 is 0 Å². The van der Waals surface area contributed by atoms with Crippen LogP contribution in [0.3, 0.4) is 0 Å². The Balaban J connectivity index is 2.81. The second-order valence-electron chi connectivity index (χ2n) is 3.09. The minimum absolute atomic E-state index is 0.831. The van der Waals surface area contributed by atoms with Gasteiger partial charge in [0.1, 0.15) is 0 Å². The van der Waals surface area contributed by atoms with Gasteiger partial charge in [0.2, 0.25) is 0 Å². The molecule has 0 saturated carbocycles. The predicted octanol–water partition coefficient (Wildman–Crippen LogP) is 1.81. The predicted molar refractivity (Wildman–Crippen MR) is 58.6 cm³/mol. The molecule has 0 atom stereocenters. The minimum Gasteiger partial charge on any atom is -0.398 e. The molecule has 0 aliphatic carbocycles. The third kappa shape index (κ3) is 2.92. The van der Waals surface area contributed by atoms with E-state index in [1.54, 1.807) is 0 Å². The van der Waals surface area contributed by atoms with Crippen molar-refractivity contribution in [2.24, 2.45) is 0 Å². The van der Waals surface area contributed by atoms with Crippen molar-refractivity contribution in [2.75, 3.05) is 19.3 Å². The summed E-state index contributed by atoms with van der Waals surface area (Å²) >= 11 is 0. The molecule has 1 aromatic rings. The summed E-state index contributed by atoms with van der Waals surface area (Å²) in [5.41, 5.74) is 8.96. The van der Waals surface area contributed by atoms with Gasteiger partial charge in [-0.15, -0.1) is 0 Å². The van der Waals surface area contributed by atoms with Gasteiger partial charge >= 0.3 is 0 Å². The molecule has 0 aliphatic rings. The highest BCUT2D eigenvalue weighted by Crippen LogP contribution is 2.14. The molecule has 0 radical (unpaired) electrons. The molecule has 2 nitrogen and oxygen atoms in total. The largest absolute Gasteiger partial charge is 0.398 e. The lowest BCUT2D eigenvalue weighted by Crippen LogP contribution is -2.03. The first kappa shape index (κ1) is 9.81. The van der Waals surface area contributed by atoms with E-state index in [1.807, 2.05) is 25.3 Å². The highest BCUT2D eigenvalue weighted by atomic mass is 14.8. The molecule has 1 aromatic carbocycles. The van der Waals surface area contributed by atoms with Crippen LogP contribution in [0.2, 0.25) is 0 Å². The van der Waals surface area contributed by atoms with Crippen LogP contribution in [0.5, 0.6) is 0 Å². The molecule has 1 rings (SSSR count). The highest BCUT2D eigenvalue weighted by Gasteiger charge is 1.93. The van der Waals surface area contributed by atoms with Gasteiger partial charge in [-0.3, -0.25) is 0 Å². The van der Waals surface area contributed by atoms with E-state index in [1.165, 1.54) is 5.56 Å². The normalized spacial score (nSPS) is 10.9. The number of nitrogens with two attached hydrogens (primary N) is 1. The van der Waals surface area contributed by atoms with Crippen molar-refractivity contribution in [2.45, 2.75) is 6.92 Å². The van der Waals surface area contributed by atoms with Crippen LogP contribution in [-0.2, 0) is 0 Å². The number of anilines is 1. The standard InChI is InChI=1S/C11H16N2/c1-9-5-6-11(12)10(8-9)4-3-7-13-2/h3-6,8,13H,7,12H2,1-2H3. The average molecular weight is 176 g/mol. The summed E-state index contributed by atoms with van der Waals surface area (Å²) in [4.78, 5) is 0. The van der Waals surface area contributed by atoms with Gasteiger partial charge in [-0.1, -0.05) is 23.8 Å². The number of likely N-dealkylation sites (N-methyl/N-ethyl adjacent to an activating group) is 1. The Kier molecular flexibility index (Phi) is 3.53. The fourth-order valence-electron chi connectivity index (χ4n) is 1.14. The molecule has 2 heteroatoms. The number of aryl methyl sites for hydroxylation is 1. The molecule has 0 saturated heterocycles. The lowest BCUT2D eigenvalue weighted by atomic mass is 10.1. The number of hydrogen-bond donors (Lipinski definition) is 2. The number of nitrogens with one attached hydrogen (secondary N) is 1. The van der Waals surface area contributed by atoms with Gasteiger partial charge in [0.05, 0.1) is 0 Å². The zero-order valence-corrected chi connectivity index (χ0v) is 8.17. The van der Waals surface area contributed by atoms with E-state index in [9.17, 15) is 0 Å². The lowest BCUT2D eigenvalue weighted by molar-refractivity contribution is 0.922. The topological polar surface area (TPSA) is 38.0 Å². The van der Waals surface area contributed by atoms with Crippen molar-refractivity contribution in [3.05, 3.63) is 35.4 Å². The first-order valence-corrected chi connectivity index (χ1v) is 4.41.